The molecule has 1 saturated carbocycles. The molecular formula is C21H19N3O3. The van der Waals surface area contributed by atoms with Gasteiger partial charge in [0.2, 0.25) is 0 Å². The quantitative estimate of drug-likeness (QED) is 0.862. The summed E-state index contributed by atoms with van der Waals surface area (Å²) in [6.07, 6.45) is -1.32. The maximum atomic E-state index is 13.0. The number of benzene rings is 2. The van der Waals surface area contributed by atoms with E-state index in [0.717, 1.165) is 10.7 Å². The molecule has 1 aliphatic heterocycles. The number of anilines is 1. The van der Waals surface area contributed by atoms with Crippen LogP contribution >= 0.6 is 0 Å². The van der Waals surface area contributed by atoms with E-state index in [2.05, 4.69) is 4.99 Å². The fraction of sp³-hybridized carbons (Fsp3) is 0.190. The molecule has 0 bridgehead atoms. The number of nitrogens with zero attached hydrogens (tertiary/aromatic N) is 2. The van der Waals surface area contributed by atoms with Gasteiger partial charge in [-0.1, -0.05) is 42.5 Å². The van der Waals surface area contributed by atoms with E-state index in [-0.39, 0.29) is 17.4 Å². The van der Waals surface area contributed by atoms with Gasteiger partial charge in [0.15, 0.2) is 5.78 Å². The van der Waals surface area contributed by atoms with E-state index in [9.17, 15) is 14.7 Å². The normalized spacial score (nSPS) is 26.7. The Morgan fingerprint density at radius 1 is 1.00 bits per heavy atom. The van der Waals surface area contributed by atoms with Crippen LogP contribution in [-0.4, -0.2) is 30.6 Å². The molecule has 1 amide bonds. The number of carbonyl (C=O) groups excluding carboxylic acids is 2. The summed E-state index contributed by atoms with van der Waals surface area (Å²) in [5, 5.41) is 15.0. The zero-order chi connectivity index (χ0) is 19.1. The van der Waals surface area contributed by atoms with Crippen LogP contribution in [0, 0.1) is 5.92 Å². The molecule has 1 fully saturated rings. The van der Waals surface area contributed by atoms with Crippen LogP contribution in [0.15, 0.2) is 76.9 Å². The highest BCUT2D eigenvalue weighted by atomic mass is 16.3. The second-order valence-electron chi connectivity index (χ2n) is 6.70. The van der Waals surface area contributed by atoms with Gasteiger partial charge in [-0.3, -0.25) is 14.6 Å². The van der Waals surface area contributed by atoms with Crippen molar-refractivity contribution in [3.63, 3.8) is 0 Å². The predicted molar refractivity (Wildman–Crippen MR) is 99.3 cm³/mol. The largest absolute Gasteiger partial charge is 0.847 e. The summed E-state index contributed by atoms with van der Waals surface area (Å²) in [6.45, 7) is 1.79. The SMILES string of the molecule is CC1=C(C2C(=O)C(=Nc3ccccc3)C2[O-])C(=O)N(c2ccccc2)[NH+]1C. The fourth-order valence-corrected chi connectivity index (χ4v) is 3.59. The number of amides is 1. The Hall–Kier alpha value is -3.09. The maximum Gasteiger partial charge on any atom is 0.306 e. The molecule has 3 atom stereocenters. The number of hydrogen-bond donors (Lipinski definition) is 1. The molecule has 1 aliphatic carbocycles. The van der Waals surface area contributed by atoms with Gasteiger partial charge in [-0.05, 0) is 24.3 Å². The van der Waals surface area contributed by atoms with Gasteiger partial charge in [-0.2, -0.15) is 5.01 Å². The molecule has 27 heavy (non-hydrogen) atoms. The van der Waals surface area contributed by atoms with Gasteiger partial charge >= 0.3 is 5.91 Å². The van der Waals surface area contributed by atoms with Crippen LogP contribution in [-0.2, 0) is 9.59 Å². The molecule has 1 heterocycles. The van der Waals surface area contributed by atoms with Crippen LogP contribution in [0.2, 0.25) is 0 Å². The molecule has 1 N–H and O–H groups in total. The van der Waals surface area contributed by atoms with E-state index in [4.69, 9.17) is 0 Å². The van der Waals surface area contributed by atoms with Crippen molar-refractivity contribution >= 4 is 28.8 Å². The topological polar surface area (TPSA) is 77.2 Å². The first-order chi connectivity index (χ1) is 13.0. The highest BCUT2D eigenvalue weighted by molar-refractivity contribution is 6.51. The van der Waals surface area contributed by atoms with Crippen molar-refractivity contribution in [3.05, 3.63) is 71.9 Å². The first-order valence-electron chi connectivity index (χ1n) is 8.78. The number of para-hydroxylation sites is 2. The summed E-state index contributed by atoms with van der Waals surface area (Å²) in [5.41, 5.74) is 2.28. The Balaban J connectivity index is 1.63. The van der Waals surface area contributed by atoms with E-state index < -0.39 is 12.0 Å². The zero-order valence-corrected chi connectivity index (χ0v) is 15.0. The van der Waals surface area contributed by atoms with Crippen LogP contribution in [0.5, 0.6) is 0 Å². The second-order valence-corrected chi connectivity index (χ2v) is 6.70. The number of quaternary nitrogens is 1. The van der Waals surface area contributed by atoms with Crippen LogP contribution < -0.4 is 15.1 Å². The summed E-state index contributed by atoms with van der Waals surface area (Å²) in [7, 11) is 1.83. The van der Waals surface area contributed by atoms with Crippen LogP contribution in [0.3, 0.4) is 0 Å². The molecule has 136 valence electrons. The van der Waals surface area contributed by atoms with Gasteiger partial charge in [0.1, 0.15) is 5.70 Å². The van der Waals surface area contributed by atoms with Gasteiger partial charge < -0.3 is 5.11 Å². The molecule has 4 rings (SSSR count). The number of nitrogens with one attached hydrogen (secondary N) is 1. The first-order valence-corrected chi connectivity index (χ1v) is 8.78. The second kappa shape index (κ2) is 6.57. The highest BCUT2D eigenvalue weighted by Crippen LogP contribution is 2.33. The van der Waals surface area contributed by atoms with Crippen molar-refractivity contribution in [3.8, 4) is 0 Å². The molecular weight excluding hydrogens is 342 g/mol. The van der Waals surface area contributed by atoms with E-state index in [1.807, 2.05) is 43.4 Å². The van der Waals surface area contributed by atoms with Crippen molar-refractivity contribution in [1.82, 2.24) is 0 Å². The summed E-state index contributed by atoms with van der Waals surface area (Å²) in [4.78, 5) is 29.9. The van der Waals surface area contributed by atoms with Gasteiger partial charge in [-0.15, -0.1) is 5.01 Å². The van der Waals surface area contributed by atoms with E-state index in [0.29, 0.717) is 17.0 Å². The Labute approximate surface area is 157 Å². The molecule has 0 spiro atoms. The summed E-state index contributed by atoms with van der Waals surface area (Å²) in [6, 6.07) is 18.1. The lowest BCUT2D eigenvalue weighted by Gasteiger charge is -2.41. The number of aliphatic imine (C=N–C) groups is 1. The molecule has 6 heteroatoms. The number of allylic oxidation sites excluding steroid dienone is 1. The Morgan fingerprint density at radius 2 is 1.59 bits per heavy atom. The number of hydrogen-bond acceptors (Lipinski definition) is 4. The number of carbonyl (C=O) groups is 2. The molecule has 2 aliphatic rings. The van der Waals surface area contributed by atoms with E-state index >= 15 is 0 Å². The van der Waals surface area contributed by atoms with Gasteiger partial charge in [-0.25, -0.2) is 0 Å². The lowest BCUT2D eigenvalue weighted by Crippen LogP contribution is -3.13. The molecule has 2 aromatic rings. The third kappa shape index (κ3) is 2.70. The Morgan fingerprint density at radius 3 is 2.19 bits per heavy atom. The van der Waals surface area contributed by atoms with Crippen molar-refractivity contribution in [1.29, 1.82) is 0 Å². The molecule has 2 aromatic carbocycles. The molecule has 0 saturated heterocycles. The maximum absolute atomic E-state index is 13.0. The average Bonchev–Trinajstić information content (AvgIpc) is 2.91. The average molecular weight is 361 g/mol. The van der Waals surface area contributed by atoms with E-state index in [1.165, 1.54) is 0 Å². The minimum atomic E-state index is -1.32. The van der Waals surface area contributed by atoms with Crippen molar-refractivity contribution in [2.45, 2.75) is 13.0 Å². The van der Waals surface area contributed by atoms with Gasteiger partial charge in [0.05, 0.1) is 35.6 Å². The van der Waals surface area contributed by atoms with Crippen LogP contribution in [0.4, 0.5) is 11.4 Å². The summed E-state index contributed by atoms with van der Waals surface area (Å²) < 4.78 is 0. The Kier molecular flexibility index (Phi) is 4.22. The first kappa shape index (κ1) is 17.3. The van der Waals surface area contributed by atoms with E-state index in [1.54, 1.807) is 36.2 Å². The zero-order valence-electron chi connectivity index (χ0n) is 15.0. The lowest BCUT2D eigenvalue weighted by molar-refractivity contribution is -0.837. The smallest absolute Gasteiger partial charge is 0.306 e. The number of rotatable bonds is 3. The number of ketones is 1. The standard InChI is InChI=1S/C21H18N3O3/c1-13-16(21(27)24(23(13)2)15-11-7-4-8-12-15)17-19(25)18(20(17)26)22-14-9-5-3-6-10-14/h3-12,17,19H,1-2H3/q-1/p+1. The summed E-state index contributed by atoms with van der Waals surface area (Å²) >= 11 is 0. The molecule has 6 nitrogen and oxygen atoms in total. The van der Waals surface area contributed by atoms with Crippen LogP contribution in [0.25, 0.3) is 0 Å². The van der Waals surface area contributed by atoms with Gasteiger partial charge in [0.25, 0.3) is 0 Å². The molecule has 0 radical (unpaired) electrons. The third-order valence-electron chi connectivity index (χ3n) is 5.15. The van der Waals surface area contributed by atoms with Crippen LogP contribution in [0.1, 0.15) is 6.92 Å². The Bertz CT molecular complexity index is 967. The minimum absolute atomic E-state index is 0.00452. The summed E-state index contributed by atoms with van der Waals surface area (Å²) in [5.74, 6) is -1.62. The van der Waals surface area contributed by atoms with Crippen molar-refractivity contribution < 1.29 is 19.7 Å². The minimum Gasteiger partial charge on any atom is -0.847 e. The monoisotopic (exact) mass is 361 g/mol. The van der Waals surface area contributed by atoms with Crippen molar-refractivity contribution in [2.75, 3.05) is 12.1 Å². The van der Waals surface area contributed by atoms with Crippen molar-refractivity contribution in [2.24, 2.45) is 10.9 Å². The molecule has 0 aromatic heterocycles. The lowest BCUT2D eigenvalue weighted by atomic mass is 9.72. The third-order valence-corrected chi connectivity index (χ3v) is 5.15. The highest BCUT2D eigenvalue weighted by Gasteiger charge is 2.51. The predicted octanol–water partition coefficient (Wildman–Crippen LogP) is 0.437. The number of Topliss-reactive ketones (excluding diaryl/α,β-unsaturated/α-hetero) is 1. The molecule has 3 unspecified atom stereocenters. The fourth-order valence-electron chi connectivity index (χ4n) is 3.59. The van der Waals surface area contributed by atoms with Gasteiger partial charge in [0, 0.05) is 6.92 Å².